The molecule has 4 nitrogen and oxygen atoms in total. The zero-order valence-corrected chi connectivity index (χ0v) is 12.9. The summed E-state index contributed by atoms with van der Waals surface area (Å²) < 4.78 is 0. The van der Waals surface area contributed by atoms with Gasteiger partial charge < -0.3 is 5.32 Å². The number of nitriles is 1. The third-order valence-electron chi connectivity index (χ3n) is 3.96. The molecule has 1 unspecified atom stereocenters. The summed E-state index contributed by atoms with van der Waals surface area (Å²) in [6.07, 6.45) is 5.53. The maximum atomic E-state index is 12.5. The largest absolute Gasteiger partial charge is 0.346 e. The molecule has 1 N–H and O–H groups in total. The van der Waals surface area contributed by atoms with E-state index in [4.69, 9.17) is 0 Å². The predicted octanol–water partition coefficient (Wildman–Crippen LogP) is 3.49. The van der Waals surface area contributed by atoms with Crippen LogP contribution in [0.4, 0.5) is 0 Å². The van der Waals surface area contributed by atoms with E-state index in [-0.39, 0.29) is 11.9 Å². The Balaban J connectivity index is 2.07. The number of aryl methyl sites for hydroxylation is 1. The van der Waals surface area contributed by atoms with Gasteiger partial charge in [0.1, 0.15) is 10.4 Å². The number of rotatable bonds is 3. The van der Waals surface area contributed by atoms with Crippen molar-refractivity contribution in [2.45, 2.75) is 58.4 Å². The van der Waals surface area contributed by atoms with Gasteiger partial charge in [0.2, 0.25) is 5.91 Å². The number of nitrogens with one attached hydrogen (secondary N) is 1. The van der Waals surface area contributed by atoms with Crippen LogP contribution in [0.25, 0.3) is 0 Å². The summed E-state index contributed by atoms with van der Waals surface area (Å²) in [5.74, 6) is -0.123. The molecule has 0 bridgehead atoms. The molecule has 0 aliphatic heterocycles. The SMILES string of the molecule is Cc1csc(C(C)NC(=O)C2(C#N)CCCCCC2)n1. The first-order valence-corrected chi connectivity index (χ1v) is 8.09. The maximum absolute atomic E-state index is 12.5. The molecule has 1 saturated carbocycles. The Morgan fingerprint density at radius 1 is 1.45 bits per heavy atom. The van der Waals surface area contributed by atoms with Crippen LogP contribution in [0.1, 0.15) is 62.2 Å². The molecule has 1 heterocycles. The van der Waals surface area contributed by atoms with Gasteiger partial charge in [-0.25, -0.2) is 4.98 Å². The lowest BCUT2D eigenvalue weighted by Gasteiger charge is -2.25. The lowest BCUT2D eigenvalue weighted by Crippen LogP contribution is -2.41. The average Bonchev–Trinajstić information content (AvgIpc) is 2.73. The van der Waals surface area contributed by atoms with E-state index >= 15 is 0 Å². The molecule has 108 valence electrons. The van der Waals surface area contributed by atoms with Crippen LogP contribution in [0.5, 0.6) is 0 Å². The first-order valence-electron chi connectivity index (χ1n) is 7.22. The lowest BCUT2D eigenvalue weighted by molar-refractivity contribution is -0.129. The van der Waals surface area contributed by atoms with Gasteiger partial charge in [0.25, 0.3) is 0 Å². The highest BCUT2D eigenvalue weighted by atomic mass is 32.1. The van der Waals surface area contributed by atoms with E-state index in [2.05, 4.69) is 16.4 Å². The van der Waals surface area contributed by atoms with Crippen molar-refractivity contribution in [3.8, 4) is 6.07 Å². The molecule has 1 atom stereocenters. The highest BCUT2D eigenvalue weighted by Gasteiger charge is 2.39. The van der Waals surface area contributed by atoms with Crippen LogP contribution in [-0.4, -0.2) is 10.9 Å². The summed E-state index contributed by atoms with van der Waals surface area (Å²) in [5.41, 5.74) is 0.132. The molecule has 0 radical (unpaired) electrons. The van der Waals surface area contributed by atoms with Crippen LogP contribution >= 0.6 is 11.3 Å². The second-order valence-corrected chi connectivity index (χ2v) is 6.52. The molecule has 1 fully saturated rings. The first kappa shape index (κ1) is 15.0. The molecule has 5 heteroatoms. The summed E-state index contributed by atoms with van der Waals surface area (Å²) in [6.45, 7) is 3.87. The fraction of sp³-hybridized carbons (Fsp3) is 0.667. The monoisotopic (exact) mass is 291 g/mol. The number of nitrogens with zero attached hydrogens (tertiary/aromatic N) is 2. The molecule has 1 aliphatic rings. The molecule has 0 spiro atoms. The first-order chi connectivity index (χ1) is 9.57. The minimum atomic E-state index is -0.836. The Hall–Kier alpha value is -1.41. The number of amides is 1. The number of hydrogen-bond donors (Lipinski definition) is 1. The molecule has 0 aromatic carbocycles. The summed E-state index contributed by atoms with van der Waals surface area (Å²) in [4.78, 5) is 16.9. The van der Waals surface area contributed by atoms with Crippen molar-refractivity contribution >= 4 is 17.2 Å². The molecule has 0 saturated heterocycles. The van der Waals surface area contributed by atoms with Crippen molar-refractivity contribution in [3.63, 3.8) is 0 Å². The van der Waals surface area contributed by atoms with E-state index in [0.717, 1.165) is 36.4 Å². The fourth-order valence-corrected chi connectivity index (χ4v) is 3.49. The van der Waals surface area contributed by atoms with Crippen LogP contribution in [0.15, 0.2) is 5.38 Å². The highest BCUT2D eigenvalue weighted by Crippen LogP contribution is 2.35. The Labute approximate surface area is 124 Å². The van der Waals surface area contributed by atoms with Crippen molar-refractivity contribution in [1.82, 2.24) is 10.3 Å². The van der Waals surface area contributed by atoms with Crippen LogP contribution in [0, 0.1) is 23.7 Å². The molecule has 1 aromatic heterocycles. The van der Waals surface area contributed by atoms with E-state index in [1.165, 1.54) is 0 Å². The minimum absolute atomic E-state index is 0.123. The van der Waals surface area contributed by atoms with Gasteiger partial charge >= 0.3 is 0 Å². The maximum Gasteiger partial charge on any atom is 0.241 e. The average molecular weight is 291 g/mol. The zero-order valence-electron chi connectivity index (χ0n) is 12.1. The molecule has 2 rings (SSSR count). The second-order valence-electron chi connectivity index (χ2n) is 5.63. The van der Waals surface area contributed by atoms with Crippen molar-refractivity contribution in [2.24, 2.45) is 5.41 Å². The smallest absolute Gasteiger partial charge is 0.241 e. The Kier molecular flexibility index (Phi) is 4.77. The normalized spacial score (nSPS) is 19.6. The molecule has 1 amide bonds. The van der Waals surface area contributed by atoms with Crippen LogP contribution in [0.2, 0.25) is 0 Å². The van der Waals surface area contributed by atoms with E-state index < -0.39 is 5.41 Å². The fourth-order valence-electron chi connectivity index (χ4n) is 2.69. The number of thiazole rings is 1. The van der Waals surface area contributed by atoms with Gasteiger partial charge in [-0.05, 0) is 26.7 Å². The molecular formula is C15H21N3OS. The molecule has 20 heavy (non-hydrogen) atoms. The van der Waals surface area contributed by atoms with E-state index in [9.17, 15) is 10.1 Å². The van der Waals surface area contributed by atoms with Crippen molar-refractivity contribution in [3.05, 3.63) is 16.1 Å². The van der Waals surface area contributed by atoms with Gasteiger partial charge in [-0.15, -0.1) is 11.3 Å². The molecule has 1 aliphatic carbocycles. The third kappa shape index (κ3) is 3.18. The number of carbonyl (C=O) groups excluding carboxylic acids is 1. The van der Waals surface area contributed by atoms with Gasteiger partial charge in [-0.3, -0.25) is 4.79 Å². The standard InChI is InChI=1S/C15H21N3OS/c1-11-9-20-13(17-11)12(2)18-14(19)15(10-16)7-5-3-4-6-8-15/h9,12H,3-8H2,1-2H3,(H,18,19). The molecular weight excluding hydrogens is 270 g/mol. The van der Waals surface area contributed by atoms with Gasteiger partial charge in [0.05, 0.1) is 12.1 Å². The van der Waals surface area contributed by atoms with Gasteiger partial charge in [-0.1, -0.05) is 25.7 Å². The van der Waals surface area contributed by atoms with Crippen LogP contribution < -0.4 is 5.32 Å². The van der Waals surface area contributed by atoms with Crippen molar-refractivity contribution < 1.29 is 4.79 Å². The zero-order chi connectivity index (χ0) is 14.6. The number of carbonyl (C=O) groups is 1. The number of aromatic nitrogens is 1. The lowest BCUT2D eigenvalue weighted by atomic mass is 9.81. The van der Waals surface area contributed by atoms with Crippen LogP contribution in [-0.2, 0) is 4.79 Å². The Morgan fingerprint density at radius 3 is 2.60 bits per heavy atom. The second kappa shape index (κ2) is 6.36. The quantitative estimate of drug-likeness (QED) is 0.867. The summed E-state index contributed by atoms with van der Waals surface area (Å²) in [6, 6.07) is 2.16. The molecule has 1 aromatic rings. The van der Waals surface area contributed by atoms with Crippen molar-refractivity contribution in [1.29, 1.82) is 5.26 Å². The highest BCUT2D eigenvalue weighted by molar-refractivity contribution is 7.09. The van der Waals surface area contributed by atoms with Crippen molar-refractivity contribution in [2.75, 3.05) is 0 Å². The van der Waals surface area contributed by atoms with Gasteiger partial charge in [0.15, 0.2) is 0 Å². The minimum Gasteiger partial charge on any atom is -0.346 e. The van der Waals surface area contributed by atoms with E-state index in [1.54, 1.807) is 11.3 Å². The summed E-state index contributed by atoms with van der Waals surface area (Å²) in [7, 11) is 0. The van der Waals surface area contributed by atoms with E-state index in [0.29, 0.717) is 12.8 Å². The topological polar surface area (TPSA) is 65.8 Å². The Bertz CT molecular complexity index is 509. The summed E-state index contributed by atoms with van der Waals surface area (Å²) in [5, 5.41) is 15.4. The third-order valence-corrected chi connectivity index (χ3v) is 5.11. The van der Waals surface area contributed by atoms with E-state index in [1.807, 2.05) is 19.2 Å². The number of hydrogen-bond acceptors (Lipinski definition) is 4. The van der Waals surface area contributed by atoms with Gasteiger partial charge in [0, 0.05) is 11.1 Å². The summed E-state index contributed by atoms with van der Waals surface area (Å²) >= 11 is 1.55. The Morgan fingerprint density at radius 2 is 2.10 bits per heavy atom. The van der Waals surface area contributed by atoms with Gasteiger partial charge in [-0.2, -0.15) is 5.26 Å². The predicted molar refractivity (Wildman–Crippen MR) is 79.2 cm³/mol. The van der Waals surface area contributed by atoms with Crippen LogP contribution in [0.3, 0.4) is 0 Å².